The lowest BCUT2D eigenvalue weighted by Crippen LogP contribution is -2.06. The molecule has 0 unspecified atom stereocenters. The molecule has 108 valence electrons. The zero-order chi connectivity index (χ0) is 14.7. The Morgan fingerprint density at radius 2 is 2.10 bits per heavy atom. The second-order valence-corrected chi connectivity index (χ2v) is 5.69. The fourth-order valence-corrected chi connectivity index (χ4v) is 2.69. The molecule has 0 saturated heterocycles. The molecule has 2 rings (SSSR count). The van der Waals surface area contributed by atoms with Crippen LogP contribution in [0.4, 0.5) is 0 Å². The molecule has 6 heteroatoms. The van der Waals surface area contributed by atoms with Crippen LogP contribution in [0.3, 0.4) is 0 Å². The summed E-state index contributed by atoms with van der Waals surface area (Å²) >= 11 is 15.8. The van der Waals surface area contributed by atoms with Gasteiger partial charge in [0.15, 0.2) is 0 Å². The van der Waals surface area contributed by atoms with Gasteiger partial charge in [0, 0.05) is 11.9 Å². The van der Waals surface area contributed by atoms with Crippen LogP contribution in [-0.4, -0.2) is 9.78 Å². The average molecular weight is 378 g/mol. The summed E-state index contributed by atoms with van der Waals surface area (Å²) in [6.45, 7) is 5.00. The second-order valence-electron chi connectivity index (χ2n) is 4.35. The van der Waals surface area contributed by atoms with Gasteiger partial charge in [-0.05, 0) is 31.5 Å². The fourth-order valence-electron chi connectivity index (χ4n) is 1.90. The molecule has 0 aliphatic carbocycles. The van der Waals surface area contributed by atoms with Crippen molar-refractivity contribution in [1.29, 1.82) is 0 Å². The first-order valence-corrected chi connectivity index (χ1v) is 8.13. The van der Waals surface area contributed by atoms with E-state index >= 15 is 0 Å². The van der Waals surface area contributed by atoms with Crippen LogP contribution < -0.4 is 4.74 Å². The van der Waals surface area contributed by atoms with Crippen LogP contribution >= 0.6 is 39.1 Å². The number of aryl methyl sites for hydroxylation is 2. The highest BCUT2D eigenvalue weighted by Gasteiger charge is 2.13. The highest BCUT2D eigenvalue weighted by atomic mass is 79.9. The molecule has 0 N–H and O–H groups in total. The summed E-state index contributed by atoms with van der Waals surface area (Å²) in [5.41, 5.74) is 2.79. The largest absolute Gasteiger partial charge is 0.486 e. The van der Waals surface area contributed by atoms with Crippen molar-refractivity contribution in [3.05, 3.63) is 45.2 Å². The smallest absolute Gasteiger partial charge is 0.138 e. The van der Waals surface area contributed by atoms with Gasteiger partial charge in [-0.3, -0.25) is 4.68 Å². The lowest BCUT2D eigenvalue weighted by molar-refractivity contribution is 0.292. The molecule has 0 radical (unpaired) electrons. The lowest BCUT2D eigenvalue weighted by Gasteiger charge is -2.10. The van der Waals surface area contributed by atoms with Gasteiger partial charge in [0.25, 0.3) is 0 Å². The number of alkyl halides is 1. The maximum absolute atomic E-state index is 6.24. The predicted octanol–water partition coefficient (Wildman–Crippen LogP) is 4.99. The highest BCUT2D eigenvalue weighted by molar-refractivity contribution is 9.08. The molecule has 0 spiro atoms. The molecule has 0 saturated carbocycles. The van der Waals surface area contributed by atoms with E-state index in [9.17, 15) is 0 Å². The number of nitrogens with zero attached hydrogens (tertiary/aromatic N) is 2. The van der Waals surface area contributed by atoms with Crippen LogP contribution in [-0.2, 0) is 18.5 Å². The van der Waals surface area contributed by atoms with Crippen molar-refractivity contribution in [1.82, 2.24) is 9.78 Å². The fraction of sp³-hybridized carbons (Fsp3) is 0.357. The van der Waals surface area contributed by atoms with Crippen molar-refractivity contribution in [2.75, 3.05) is 0 Å². The minimum atomic E-state index is 0.348. The Bertz CT molecular complexity index is 613. The SMILES string of the molecule is CCn1nc(C)c(Cl)c1COc1ccc(CBr)cc1Cl. The van der Waals surface area contributed by atoms with Crippen molar-refractivity contribution in [2.45, 2.75) is 32.3 Å². The van der Waals surface area contributed by atoms with Gasteiger partial charge in [0.1, 0.15) is 12.4 Å². The standard InChI is InChI=1S/C14H15BrCl2N2O/c1-3-19-12(14(17)9(2)18-19)8-20-13-5-4-10(7-15)6-11(13)16/h4-6H,3,7-8H2,1-2H3. The molecule has 0 bridgehead atoms. The first kappa shape index (κ1) is 15.7. The number of hydrogen-bond acceptors (Lipinski definition) is 2. The van der Waals surface area contributed by atoms with E-state index in [0.717, 1.165) is 28.8 Å². The van der Waals surface area contributed by atoms with Crippen molar-refractivity contribution >= 4 is 39.1 Å². The minimum absolute atomic E-state index is 0.348. The topological polar surface area (TPSA) is 27.1 Å². The van der Waals surface area contributed by atoms with Crippen LogP contribution in [0.25, 0.3) is 0 Å². The first-order chi connectivity index (χ1) is 9.56. The van der Waals surface area contributed by atoms with Gasteiger partial charge in [0.05, 0.1) is 21.4 Å². The summed E-state index contributed by atoms with van der Waals surface area (Å²) in [5, 5.41) is 6.37. The van der Waals surface area contributed by atoms with Crippen LogP contribution in [0.2, 0.25) is 10.0 Å². The molecule has 0 atom stereocenters. The van der Waals surface area contributed by atoms with Gasteiger partial charge < -0.3 is 4.74 Å². The van der Waals surface area contributed by atoms with Gasteiger partial charge in [0.2, 0.25) is 0 Å². The Hall–Kier alpha value is -0.710. The molecular weight excluding hydrogens is 363 g/mol. The van der Waals surface area contributed by atoms with E-state index in [-0.39, 0.29) is 0 Å². The van der Waals surface area contributed by atoms with Crippen LogP contribution in [0, 0.1) is 6.92 Å². The number of benzene rings is 1. The van der Waals surface area contributed by atoms with E-state index in [1.807, 2.05) is 36.7 Å². The molecule has 20 heavy (non-hydrogen) atoms. The Kier molecular flexibility index (Phi) is 5.35. The third kappa shape index (κ3) is 3.30. The van der Waals surface area contributed by atoms with E-state index in [1.165, 1.54) is 0 Å². The van der Waals surface area contributed by atoms with Crippen LogP contribution in [0.5, 0.6) is 5.75 Å². The third-order valence-corrected chi connectivity index (χ3v) is 4.40. The molecule has 0 fully saturated rings. The van der Waals surface area contributed by atoms with Crippen molar-refractivity contribution < 1.29 is 4.74 Å². The highest BCUT2D eigenvalue weighted by Crippen LogP contribution is 2.28. The molecular formula is C14H15BrCl2N2O. The van der Waals surface area contributed by atoms with Gasteiger partial charge in [-0.1, -0.05) is 45.2 Å². The molecule has 0 aliphatic rings. The summed E-state index contributed by atoms with van der Waals surface area (Å²) < 4.78 is 7.61. The minimum Gasteiger partial charge on any atom is -0.486 e. The van der Waals surface area contributed by atoms with E-state index in [2.05, 4.69) is 21.0 Å². The molecule has 3 nitrogen and oxygen atoms in total. The summed E-state index contributed by atoms with van der Waals surface area (Å²) in [5.74, 6) is 0.647. The number of halogens is 3. The van der Waals surface area contributed by atoms with Gasteiger partial charge in [-0.2, -0.15) is 5.10 Å². The monoisotopic (exact) mass is 376 g/mol. The Labute approximate surface area is 137 Å². The summed E-state index contributed by atoms with van der Waals surface area (Å²) in [6.07, 6.45) is 0. The zero-order valence-electron chi connectivity index (χ0n) is 11.3. The van der Waals surface area contributed by atoms with Crippen molar-refractivity contribution in [3.63, 3.8) is 0 Å². The average Bonchev–Trinajstić information content (AvgIpc) is 2.73. The summed E-state index contributed by atoms with van der Waals surface area (Å²) in [7, 11) is 0. The van der Waals surface area contributed by atoms with Crippen LogP contribution in [0.1, 0.15) is 23.9 Å². The van der Waals surface area contributed by atoms with Crippen molar-refractivity contribution in [2.24, 2.45) is 0 Å². The first-order valence-electron chi connectivity index (χ1n) is 6.25. The summed E-state index contributed by atoms with van der Waals surface area (Å²) in [6, 6.07) is 5.72. The second kappa shape index (κ2) is 6.83. The van der Waals surface area contributed by atoms with E-state index in [1.54, 1.807) is 0 Å². The Balaban J connectivity index is 2.17. The number of hydrogen-bond donors (Lipinski definition) is 0. The quantitative estimate of drug-likeness (QED) is 0.686. The Morgan fingerprint density at radius 1 is 1.35 bits per heavy atom. The maximum Gasteiger partial charge on any atom is 0.138 e. The lowest BCUT2D eigenvalue weighted by atomic mass is 10.2. The Morgan fingerprint density at radius 3 is 2.70 bits per heavy atom. The van der Waals surface area contributed by atoms with E-state index in [0.29, 0.717) is 22.4 Å². The third-order valence-electron chi connectivity index (χ3n) is 2.97. The van der Waals surface area contributed by atoms with Gasteiger partial charge in [-0.25, -0.2) is 0 Å². The van der Waals surface area contributed by atoms with Gasteiger partial charge in [-0.15, -0.1) is 0 Å². The molecule has 1 heterocycles. The number of aromatic nitrogens is 2. The molecule has 1 aromatic heterocycles. The number of rotatable bonds is 5. The zero-order valence-corrected chi connectivity index (χ0v) is 14.4. The van der Waals surface area contributed by atoms with Crippen LogP contribution in [0.15, 0.2) is 18.2 Å². The number of ether oxygens (including phenoxy) is 1. The van der Waals surface area contributed by atoms with Gasteiger partial charge >= 0.3 is 0 Å². The van der Waals surface area contributed by atoms with E-state index in [4.69, 9.17) is 27.9 Å². The molecule has 0 aliphatic heterocycles. The molecule has 1 aromatic carbocycles. The normalized spacial score (nSPS) is 10.8. The van der Waals surface area contributed by atoms with Crippen molar-refractivity contribution in [3.8, 4) is 5.75 Å². The predicted molar refractivity (Wildman–Crippen MR) is 86.1 cm³/mol. The maximum atomic E-state index is 6.24. The molecule has 0 amide bonds. The van der Waals surface area contributed by atoms with E-state index < -0.39 is 0 Å². The summed E-state index contributed by atoms with van der Waals surface area (Å²) in [4.78, 5) is 0. The molecule has 2 aromatic rings.